The quantitative estimate of drug-likeness (QED) is 0.898. The highest BCUT2D eigenvalue weighted by molar-refractivity contribution is 5.80. The van der Waals surface area contributed by atoms with Crippen LogP contribution >= 0.6 is 0 Å². The summed E-state index contributed by atoms with van der Waals surface area (Å²) in [6.07, 6.45) is -4.40. The van der Waals surface area contributed by atoms with Crippen LogP contribution in [0, 0.1) is 0 Å². The van der Waals surface area contributed by atoms with Crippen LogP contribution in [0.3, 0.4) is 0 Å². The molecule has 0 bridgehead atoms. The Morgan fingerprint density at radius 1 is 1.32 bits per heavy atom. The van der Waals surface area contributed by atoms with Crippen molar-refractivity contribution in [2.45, 2.75) is 32.5 Å². The van der Waals surface area contributed by atoms with Crippen LogP contribution in [0.1, 0.15) is 36.7 Å². The molecule has 0 atom stereocenters. The van der Waals surface area contributed by atoms with Crippen LogP contribution in [0.15, 0.2) is 12.1 Å². The minimum atomic E-state index is -4.40. The van der Waals surface area contributed by atoms with Gasteiger partial charge in [0.1, 0.15) is 11.3 Å². The summed E-state index contributed by atoms with van der Waals surface area (Å²) >= 11 is 0. The number of aromatic amines is 1. The summed E-state index contributed by atoms with van der Waals surface area (Å²) in [5, 5.41) is 2.86. The van der Waals surface area contributed by atoms with Crippen molar-refractivity contribution in [2.75, 3.05) is 7.05 Å². The van der Waals surface area contributed by atoms with Gasteiger partial charge in [0, 0.05) is 12.5 Å². The molecular weight excluding hydrogens is 255 g/mol. The minimum Gasteiger partial charge on any atom is -0.342 e. The first kappa shape index (κ1) is 13.9. The standard InChI is InChI=1S/C13H16F3N3/c1-7(2)12-18-10-5-8(6-17-3)4-9(11(10)19-12)13(14,15)16/h4-5,7,17H,6H2,1-3H3,(H,18,19). The molecule has 1 aromatic carbocycles. The normalized spacial score (nSPS) is 12.6. The summed E-state index contributed by atoms with van der Waals surface area (Å²) in [4.78, 5) is 7.05. The number of nitrogens with zero attached hydrogens (tertiary/aromatic N) is 1. The van der Waals surface area contributed by atoms with Crippen LogP contribution in [0.25, 0.3) is 11.0 Å². The molecule has 1 heterocycles. The summed E-state index contributed by atoms with van der Waals surface area (Å²) in [7, 11) is 1.70. The molecule has 0 fully saturated rings. The Labute approximate surface area is 109 Å². The molecule has 2 aromatic rings. The fourth-order valence-electron chi connectivity index (χ4n) is 1.99. The van der Waals surface area contributed by atoms with E-state index < -0.39 is 11.7 Å². The van der Waals surface area contributed by atoms with Gasteiger partial charge in [0.05, 0.1) is 11.1 Å². The summed E-state index contributed by atoms with van der Waals surface area (Å²) in [5.74, 6) is 0.628. The molecule has 2 rings (SSSR count). The molecule has 0 aliphatic heterocycles. The number of H-pyrrole nitrogens is 1. The van der Waals surface area contributed by atoms with Gasteiger partial charge in [0.2, 0.25) is 0 Å². The van der Waals surface area contributed by atoms with E-state index in [-0.39, 0.29) is 11.4 Å². The van der Waals surface area contributed by atoms with Gasteiger partial charge in [-0.15, -0.1) is 0 Å². The summed E-state index contributed by atoms with van der Waals surface area (Å²) in [6, 6.07) is 2.86. The summed E-state index contributed by atoms with van der Waals surface area (Å²) in [6.45, 7) is 4.16. The van der Waals surface area contributed by atoms with Gasteiger partial charge in [-0.1, -0.05) is 13.8 Å². The molecule has 0 aliphatic rings. The van der Waals surface area contributed by atoms with Crippen molar-refractivity contribution < 1.29 is 13.2 Å². The zero-order chi connectivity index (χ0) is 14.2. The zero-order valence-corrected chi connectivity index (χ0v) is 11.0. The van der Waals surface area contributed by atoms with Crippen molar-refractivity contribution in [2.24, 2.45) is 0 Å². The number of benzene rings is 1. The Kier molecular flexibility index (Phi) is 3.54. The maximum atomic E-state index is 13.1. The van der Waals surface area contributed by atoms with Gasteiger partial charge in [-0.25, -0.2) is 4.98 Å². The maximum absolute atomic E-state index is 13.1. The van der Waals surface area contributed by atoms with Crippen LogP contribution in [-0.2, 0) is 12.7 Å². The van der Waals surface area contributed by atoms with Crippen LogP contribution in [0.4, 0.5) is 13.2 Å². The van der Waals surface area contributed by atoms with E-state index in [2.05, 4.69) is 15.3 Å². The number of aromatic nitrogens is 2. The van der Waals surface area contributed by atoms with E-state index in [0.717, 1.165) is 6.07 Å². The Hall–Kier alpha value is -1.56. The second-order valence-corrected chi connectivity index (χ2v) is 4.84. The van der Waals surface area contributed by atoms with Gasteiger partial charge < -0.3 is 10.3 Å². The van der Waals surface area contributed by atoms with E-state index in [1.54, 1.807) is 13.1 Å². The summed E-state index contributed by atoms with van der Waals surface area (Å²) in [5.41, 5.74) is 0.333. The van der Waals surface area contributed by atoms with Gasteiger partial charge in [-0.3, -0.25) is 0 Å². The fourth-order valence-corrected chi connectivity index (χ4v) is 1.99. The second-order valence-electron chi connectivity index (χ2n) is 4.84. The average Bonchev–Trinajstić information content (AvgIpc) is 2.70. The van der Waals surface area contributed by atoms with Gasteiger partial charge in [0.15, 0.2) is 0 Å². The van der Waals surface area contributed by atoms with E-state index in [4.69, 9.17) is 0 Å². The SMILES string of the molecule is CNCc1cc(C(F)(F)F)c2nc(C(C)C)[nH]c2c1. The Bertz CT molecular complexity index is 585. The molecule has 0 saturated carbocycles. The number of hydrogen-bond acceptors (Lipinski definition) is 2. The van der Waals surface area contributed by atoms with Crippen molar-refractivity contribution >= 4 is 11.0 Å². The van der Waals surface area contributed by atoms with Crippen molar-refractivity contribution in [1.82, 2.24) is 15.3 Å². The van der Waals surface area contributed by atoms with Crippen LogP contribution < -0.4 is 5.32 Å². The molecule has 3 nitrogen and oxygen atoms in total. The summed E-state index contributed by atoms with van der Waals surface area (Å²) < 4.78 is 39.2. The number of hydrogen-bond donors (Lipinski definition) is 2. The number of imidazole rings is 1. The lowest BCUT2D eigenvalue weighted by Crippen LogP contribution is -2.10. The first-order valence-electron chi connectivity index (χ1n) is 6.07. The van der Waals surface area contributed by atoms with E-state index in [1.807, 2.05) is 13.8 Å². The van der Waals surface area contributed by atoms with Crippen molar-refractivity contribution in [1.29, 1.82) is 0 Å². The van der Waals surface area contributed by atoms with E-state index in [0.29, 0.717) is 23.4 Å². The monoisotopic (exact) mass is 271 g/mol. The lowest BCUT2D eigenvalue weighted by atomic mass is 10.1. The van der Waals surface area contributed by atoms with Crippen LogP contribution in [0.5, 0.6) is 0 Å². The van der Waals surface area contributed by atoms with Crippen molar-refractivity contribution in [3.05, 3.63) is 29.1 Å². The lowest BCUT2D eigenvalue weighted by molar-refractivity contribution is -0.136. The number of nitrogens with one attached hydrogen (secondary N) is 2. The zero-order valence-electron chi connectivity index (χ0n) is 11.0. The second kappa shape index (κ2) is 4.85. The molecule has 19 heavy (non-hydrogen) atoms. The first-order valence-corrected chi connectivity index (χ1v) is 6.07. The molecule has 1 aromatic heterocycles. The highest BCUT2D eigenvalue weighted by Crippen LogP contribution is 2.35. The predicted molar refractivity (Wildman–Crippen MR) is 67.9 cm³/mol. The molecule has 0 aliphatic carbocycles. The Morgan fingerprint density at radius 3 is 2.53 bits per heavy atom. The molecule has 104 valence electrons. The number of alkyl halides is 3. The Morgan fingerprint density at radius 2 is 2.00 bits per heavy atom. The average molecular weight is 271 g/mol. The molecule has 6 heteroatoms. The third-order valence-electron chi connectivity index (χ3n) is 2.90. The predicted octanol–water partition coefficient (Wildman–Crippen LogP) is 3.42. The van der Waals surface area contributed by atoms with Crippen LogP contribution in [0.2, 0.25) is 0 Å². The number of halogens is 3. The topological polar surface area (TPSA) is 40.7 Å². The Balaban J connectivity index is 2.68. The molecule has 0 saturated heterocycles. The molecule has 0 radical (unpaired) electrons. The molecule has 0 spiro atoms. The minimum absolute atomic E-state index is 0.00365. The molecular formula is C13H16F3N3. The fraction of sp³-hybridized carbons (Fsp3) is 0.462. The molecule has 2 N–H and O–H groups in total. The molecule has 0 unspecified atom stereocenters. The lowest BCUT2D eigenvalue weighted by Gasteiger charge is -2.09. The number of fused-ring (bicyclic) bond motifs is 1. The highest BCUT2D eigenvalue weighted by Gasteiger charge is 2.34. The van der Waals surface area contributed by atoms with Crippen molar-refractivity contribution in [3.63, 3.8) is 0 Å². The smallest absolute Gasteiger partial charge is 0.342 e. The third-order valence-corrected chi connectivity index (χ3v) is 2.90. The number of rotatable bonds is 3. The van der Waals surface area contributed by atoms with Crippen molar-refractivity contribution in [3.8, 4) is 0 Å². The van der Waals surface area contributed by atoms with E-state index >= 15 is 0 Å². The van der Waals surface area contributed by atoms with Gasteiger partial charge >= 0.3 is 6.18 Å². The van der Waals surface area contributed by atoms with Crippen LogP contribution in [-0.4, -0.2) is 17.0 Å². The first-order chi connectivity index (χ1) is 8.82. The largest absolute Gasteiger partial charge is 0.418 e. The van der Waals surface area contributed by atoms with E-state index in [9.17, 15) is 13.2 Å². The van der Waals surface area contributed by atoms with Gasteiger partial charge in [-0.2, -0.15) is 13.2 Å². The van der Waals surface area contributed by atoms with Gasteiger partial charge in [-0.05, 0) is 24.7 Å². The third kappa shape index (κ3) is 2.73. The highest BCUT2D eigenvalue weighted by atomic mass is 19.4. The molecule has 0 amide bonds. The van der Waals surface area contributed by atoms with Gasteiger partial charge in [0.25, 0.3) is 0 Å². The van der Waals surface area contributed by atoms with E-state index in [1.165, 1.54) is 0 Å². The maximum Gasteiger partial charge on any atom is 0.418 e.